The van der Waals surface area contributed by atoms with Crippen LogP contribution in [0.4, 0.5) is 5.82 Å². The molecule has 4 aromatic rings. The molecule has 0 unspecified atom stereocenters. The van der Waals surface area contributed by atoms with Gasteiger partial charge in [-0.2, -0.15) is 4.52 Å². The number of amides is 1. The van der Waals surface area contributed by atoms with E-state index in [2.05, 4.69) is 20.4 Å². The lowest BCUT2D eigenvalue weighted by Gasteiger charge is -2.08. The Hall–Kier alpha value is -3.06. The van der Waals surface area contributed by atoms with E-state index in [1.54, 1.807) is 28.2 Å². The number of hydrogen-bond acceptors (Lipinski definition) is 5. The molecule has 0 bridgehead atoms. The SMILES string of the molecule is CC(=O)Nc1cc(-c2ccncc2)cc2nc(-c3ccc(C)s3)nn12. The second kappa shape index (κ2) is 6.10. The van der Waals surface area contributed by atoms with E-state index in [-0.39, 0.29) is 5.91 Å². The maximum absolute atomic E-state index is 11.6. The van der Waals surface area contributed by atoms with Crippen molar-refractivity contribution in [3.05, 3.63) is 53.7 Å². The van der Waals surface area contributed by atoms with Crippen LogP contribution >= 0.6 is 11.3 Å². The van der Waals surface area contributed by atoms with Crippen LogP contribution in [0.1, 0.15) is 11.8 Å². The van der Waals surface area contributed by atoms with E-state index in [0.29, 0.717) is 17.3 Å². The topological polar surface area (TPSA) is 72.2 Å². The zero-order valence-corrected chi connectivity index (χ0v) is 14.5. The molecule has 6 nitrogen and oxygen atoms in total. The minimum absolute atomic E-state index is 0.155. The van der Waals surface area contributed by atoms with Crippen molar-refractivity contribution in [2.24, 2.45) is 0 Å². The molecule has 124 valence electrons. The molecule has 1 amide bonds. The Kier molecular flexibility index (Phi) is 3.77. The first-order valence-electron chi connectivity index (χ1n) is 7.76. The van der Waals surface area contributed by atoms with Crippen molar-refractivity contribution in [2.45, 2.75) is 13.8 Å². The largest absolute Gasteiger partial charge is 0.311 e. The van der Waals surface area contributed by atoms with Crippen LogP contribution in [0, 0.1) is 6.92 Å². The van der Waals surface area contributed by atoms with Gasteiger partial charge in [0.1, 0.15) is 5.82 Å². The number of anilines is 1. The van der Waals surface area contributed by atoms with Crippen molar-refractivity contribution >= 4 is 28.7 Å². The maximum Gasteiger partial charge on any atom is 0.222 e. The molecule has 0 spiro atoms. The predicted molar refractivity (Wildman–Crippen MR) is 98.6 cm³/mol. The molecule has 7 heteroatoms. The number of aromatic nitrogens is 4. The van der Waals surface area contributed by atoms with Crippen molar-refractivity contribution in [1.29, 1.82) is 0 Å². The third kappa shape index (κ3) is 3.01. The highest BCUT2D eigenvalue weighted by Gasteiger charge is 2.14. The van der Waals surface area contributed by atoms with E-state index in [1.807, 2.05) is 43.3 Å². The fraction of sp³-hybridized carbons (Fsp3) is 0.111. The third-order valence-corrected chi connectivity index (χ3v) is 4.71. The Bertz CT molecular complexity index is 1070. The van der Waals surface area contributed by atoms with E-state index in [9.17, 15) is 4.79 Å². The Morgan fingerprint density at radius 1 is 1.12 bits per heavy atom. The molecular formula is C18H15N5OS. The quantitative estimate of drug-likeness (QED) is 0.611. The van der Waals surface area contributed by atoms with Crippen molar-refractivity contribution in [1.82, 2.24) is 19.6 Å². The second-order valence-electron chi connectivity index (χ2n) is 5.66. The molecule has 0 aliphatic heterocycles. The van der Waals surface area contributed by atoms with E-state index >= 15 is 0 Å². The zero-order valence-electron chi connectivity index (χ0n) is 13.7. The Labute approximate surface area is 148 Å². The van der Waals surface area contributed by atoms with E-state index in [4.69, 9.17) is 0 Å². The molecule has 1 N–H and O–H groups in total. The number of hydrogen-bond donors (Lipinski definition) is 1. The summed E-state index contributed by atoms with van der Waals surface area (Å²) in [5.41, 5.74) is 2.62. The molecule has 0 radical (unpaired) electrons. The van der Waals surface area contributed by atoms with Gasteiger partial charge in [0, 0.05) is 24.2 Å². The molecule has 4 rings (SSSR count). The number of carbonyl (C=O) groups is 1. The zero-order chi connectivity index (χ0) is 17.4. The Balaban J connectivity index is 1.91. The first-order chi connectivity index (χ1) is 12.1. The Morgan fingerprint density at radius 2 is 1.92 bits per heavy atom. The molecule has 0 aliphatic carbocycles. The smallest absolute Gasteiger partial charge is 0.222 e. The number of thiophene rings is 1. The minimum atomic E-state index is -0.155. The van der Waals surface area contributed by atoms with Gasteiger partial charge >= 0.3 is 0 Å². The standard InChI is InChI=1S/C18H15N5OS/c1-11-3-4-15(25-11)18-21-17-10-14(13-5-7-19-8-6-13)9-16(20-12(2)24)23(17)22-18/h3-10H,1-2H3,(H,20,24). The summed E-state index contributed by atoms with van der Waals surface area (Å²) in [4.78, 5) is 22.5. The number of fused-ring (bicyclic) bond motifs is 1. The normalized spacial score (nSPS) is 11.0. The summed E-state index contributed by atoms with van der Waals surface area (Å²) < 4.78 is 1.66. The lowest BCUT2D eigenvalue weighted by molar-refractivity contribution is -0.114. The molecular weight excluding hydrogens is 334 g/mol. The summed E-state index contributed by atoms with van der Waals surface area (Å²) in [6.07, 6.45) is 3.47. The highest BCUT2D eigenvalue weighted by molar-refractivity contribution is 7.15. The summed E-state index contributed by atoms with van der Waals surface area (Å²) in [5, 5.41) is 7.41. The molecule has 0 atom stereocenters. The monoisotopic (exact) mass is 349 g/mol. The van der Waals surface area contributed by atoms with E-state index in [0.717, 1.165) is 16.0 Å². The van der Waals surface area contributed by atoms with Crippen LogP contribution in [0.15, 0.2) is 48.8 Å². The number of aryl methyl sites for hydroxylation is 1. The molecule has 0 fully saturated rings. The summed E-state index contributed by atoms with van der Waals surface area (Å²) in [6.45, 7) is 3.53. The van der Waals surface area contributed by atoms with Gasteiger partial charge in [0.2, 0.25) is 5.91 Å². The van der Waals surface area contributed by atoms with Gasteiger partial charge in [-0.25, -0.2) is 4.98 Å². The van der Waals surface area contributed by atoms with Crippen LogP contribution in [0.2, 0.25) is 0 Å². The predicted octanol–water partition coefficient (Wildman–Crippen LogP) is 3.79. The number of nitrogens with zero attached hydrogens (tertiary/aromatic N) is 4. The molecule has 0 saturated heterocycles. The maximum atomic E-state index is 11.6. The van der Waals surface area contributed by atoms with Gasteiger partial charge in [-0.1, -0.05) is 0 Å². The number of nitrogens with one attached hydrogen (secondary N) is 1. The number of pyridine rings is 2. The lowest BCUT2D eigenvalue weighted by atomic mass is 10.1. The van der Waals surface area contributed by atoms with Gasteiger partial charge in [-0.15, -0.1) is 16.4 Å². The van der Waals surface area contributed by atoms with Gasteiger partial charge in [-0.05, 0) is 54.4 Å². The fourth-order valence-corrected chi connectivity index (χ4v) is 3.42. The van der Waals surface area contributed by atoms with Gasteiger partial charge in [0.25, 0.3) is 0 Å². The average molecular weight is 349 g/mol. The van der Waals surface area contributed by atoms with Crippen LogP contribution in [0.5, 0.6) is 0 Å². The summed E-state index contributed by atoms with van der Waals surface area (Å²) in [5.74, 6) is 1.08. The Morgan fingerprint density at radius 3 is 2.60 bits per heavy atom. The van der Waals surface area contributed by atoms with Crippen molar-refractivity contribution in [3.8, 4) is 21.8 Å². The van der Waals surface area contributed by atoms with Crippen molar-refractivity contribution in [2.75, 3.05) is 5.32 Å². The average Bonchev–Trinajstić information content (AvgIpc) is 3.21. The second-order valence-corrected chi connectivity index (χ2v) is 6.95. The number of carbonyl (C=O) groups excluding carboxylic acids is 1. The summed E-state index contributed by atoms with van der Waals surface area (Å²) >= 11 is 1.64. The minimum Gasteiger partial charge on any atom is -0.311 e. The van der Waals surface area contributed by atoms with Gasteiger partial charge < -0.3 is 5.32 Å². The van der Waals surface area contributed by atoms with E-state index < -0.39 is 0 Å². The van der Waals surface area contributed by atoms with Crippen LogP contribution in [-0.2, 0) is 4.79 Å². The first-order valence-corrected chi connectivity index (χ1v) is 8.57. The third-order valence-electron chi connectivity index (χ3n) is 3.72. The van der Waals surface area contributed by atoms with Crippen LogP contribution in [0.25, 0.3) is 27.5 Å². The van der Waals surface area contributed by atoms with Crippen LogP contribution < -0.4 is 5.32 Å². The molecule has 4 aromatic heterocycles. The summed E-state index contributed by atoms with van der Waals surface area (Å²) in [7, 11) is 0. The van der Waals surface area contributed by atoms with Gasteiger partial charge in [0.05, 0.1) is 4.88 Å². The highest BCUT2D eigenvalue weighted by Crippen LogP contribution is 2.29. The van der Waals surface area contributed by atoms with Crippen LogP contribution in [0.3, 0.4) is 0 Å². The highest BCUT2D eigenvalue weighted by atomic mass is 32.1. The summed E-state index contributed by atoms with van der Waals surface area (Å²) in [6, 6.07) is 11.7. The molecule has 0 aromatic carbocycles. The van der Waals surface area contributed by atoms with Crippen molar-refractivity contribution in [3.63, 3.8) is 0 Å². The molecule has 25 heavy (non-hydrogen) atoms. The molecule has 0 saturated carbocycles. The van der Waals surface area contributed by atoms with Gasteiger partial charge in [0.15, 0.2) is 11.5 Å². The fourth-order valence-electron chi connectivity index (χ4n) is 2.62. The first kappa shape index (κ1) is 15.5. The van der Waals surface area contributed by atoms with E-state index in [1.165, 1.54) is 11.8 Å². The van der Waals surface area contributed by atoms with Crippen molar-refractivity contribution < 1.29 is 4.79 Å². The lowest BCUT2D eigenvalue weighted by Crippen LogP contribution is -2.10. The number of rotatable bonds is 3. The molecule has 4 heterocycles. The molecule has 0 aliphatic rings. The van der Waals surface area contributed by atoms with Gasteiger partial charge in [-0.3, -0.25) is 9.78 Å². The van der Waals surface area contributed by atoms with Crippen LogP contribution in [-0.4, -0.2) is 25.5 Å².